The van der Waals surface area contributed by atoms with E-state index in [1.54, 1.807) is 0 Å². The highest BCUT2D eigenvalue weighted by Gasteiger charge is 2.17. The molecule has 0 fully saturated rings. The lowest BCUT2D eigenvalue weighted by Crippen LogP contribution is -2.25. The highest BCUT2D eigenvalue weighted by atomic mass is 35.5. The topological polar surface area (TPSA) is 57.8 Å². The molecular weight excluding hydrogens is 294 g/mol. The van der Waals surface area contributed by atoms with E-state index >= 15 is 0 Å². The van der Waals surface area contributed by atoms with Gasteiger partial charge in [0.1, 0.15) is 0 Å². The number of fused-ring (bicyclic) bond motifs is 1. The third-order valence-electron chi connectivity index (χ3n) is 3.62. The molecule has 1 aromatic heterocycles. The van der Waals surface area contributed by atoms with Gasteiger partial charge in [-0.3, -0.25) is 4.79 Å². The molecule has 1 aliphatic rings. The predicted octanol–water partition coefficient (Wildman–Crippen LogP) is 1.96. The predicted molar refractivity (Wildman–Crippen MR) is 88.3 cm³/mol. The molecule has 20 heavy (non-hydrogen) atoms. The monoisotopic (exact) mass is 317 g/mol. The first-order valence-corrected chi connectivity index (χ1v) is 8.51. The van der Waals surface area contributed by atoms with E-state index in [-0.39, 0.29) is 18.0 Å². The molecule has 0 radical (unpaired) electrons. The minimum Gasteiger partial charge on any atom is -0.316 e. The van der Waals surface area contributed by atoms with Crippen LogP contribution in [0.2, 0.25) is 0 Å². The largest absolute Gasteiger partial charge is 0.316 e. The van der Waals surface area contributed by atoms with Gasteiger partial charge < -0.3 is 5.32 Å². The second-order valence-electron chi connectivity index (χ2n) is 5.01. The van der Waals surface area contributed by atoms with E-state index in [1.165, 1.54) is 24.2 Å². The van der Waals surface area contributed by atoms with Crippen LogP contribution in [0.1, 0.15) is 36.1 Å². The molecule has 0 aromatic carbocycles. The summed E-state index contributed by atoms with van der Waals surface area (Å²) in [5.74, 6) is 1.21. The Hall–Kier alpha value is -0.520. The van der Waals surface area contributed by atoms with Gasteiger partial charge in [-0.25, -0.2) is 5.10 Å². The molecule has 6 heteroatoms. The number of rotatable bonds is 7. The lowest BCUT2D eigenvalue weighted by atomic mass is 9.91. The van der Waals surface area contributed by atoms with Gasteiger partial charge in [-0.05, 0) is 56.2 Å². The molecule has 2 rings (SSSR count). The third-order valence-corrected chi connectivity index (χ3v) is 4.32. The Morgan fingerprint density at radius 3 is 2.75 bits per heavy atom. The maximum Gasteiger partial charge on any atom is 0.267 e. The fourth-order valence-electron chi connectivity index (χ4n) is 2.61. The van der Waals surface area contributed by atoms with Gasteiger partial charge in [-0.2, -0.15) is 16.9 Å². The van der Waals surface area contributed by atoms with E-state index in [0.29, 0.717) is 0 Å². The van der Waals surface area contributed by atoms with Gasteiger partial charge in [0.15, 0.2) is 0 Å². The Bertz CT molecular complexity index is 464. The van der Waals surface area contributed by atoms with Crippen molar-refractivity contribution in [3.05, 3.63) is 27.2 Å². The molecule has 0 atom stereocenters. The zero-order chi connectivity index (χ0) is 13.5. The normalized spacial score (nSPS) is 13.7. The van der Waals surface area contributed by atoms with Crippen LogP contribution in [0.3, 0.4) is 0 Å². The summed E-state index contributed by atoms with van der Waals surface area (Å²) in [6.45, 7) is 2.01. The molecule has 0 saturated carbocycles. The SMILES string of the molecule is CSCCCNCCc1n[nH]c(=O)c2c1CCCC2.Cl. The van der Waals surface area contributed by atoms with Crippen molar-refractivity contribution in [1.29, 1.82) is 0 Å². The number of thioether (sulfide) groups is 1. The van der Waals surface area contributed by atoms with Crippen molar-refractivity contribution in [3.8, 4) is 0 Å². The number of halogens is 1. The summed E-state index contributed by atoms with van der Waals surface area (Å²) in [6.07, 6.45) is 8.52. The van der Waals surface area contributed by atoms with Gasteiger partial charge in [0.25, 0.3) is 5.56 Å². The maximum atomic E-state index is 11.7. The molecule has 0 amide bonds. The number of aromatic amines is 1. The first kappa shape index (κ1) is 17.5. The van der Waals surface area contributed by atoms with E-state index in [0.717, 1.165) is 50.0 Å². The lowest BCUT2D eigenvalue weighted by Gasteiger charge is -2.17. The van der Waals surface area contributed by atoms with Crippen molar-refractivity contribution >= 4 is 24.2 Å². The number of nitrogens with one attached hydrogen (secondary N) is 2. The Kier molecular flexibility index (Phi) is 8.26. The quantitative estimate of drug-likeness (QED) is 0.755. The smallest absolute Gasteiger partial charge is 0.267 e. The van der Waals surface area contributed by atoms with Crippen molar-refractivity contribution < 1.29 is 0 Å². The van der Waals surface area contributed by atoms with Gasteiger partial charge in [0.2, 0.25) is 0 Å². The molecule has 0 aliphatic heterocycles. The van der Waals surface area contributed by atoms with Gasteiger partial charge in [0, 0.05) is 18.5 Å². The van der Waals surface area contributed by atoms with Crippen molar-refractivity contribution in [1.82, 2.24) is 15.5 Å². The van der Waals surface area contributed by atoms with Crippen LogP contribution in [0.4, 0.5) is 0 Å². The Labute approximate surface area is 130 Å². The molecule has 1 aromatic rings. The highest BCUT2D eigenvalue weighted by molar-refractivity contribution is 7.98. The maximum absolute atomic E-state index is 11.7. The van der Waals surface area contributed by atoms with Crippen LogP contribution in [0.15, 0.2) is 4.79 Å². The minimum atomic E-state index is 0. The number of hydrogen-bond acceptors (Lipinski definition) is 4. The van der Waals surface area contributed by atoms with Crippen molar-refractivity contribution in [2.45, 2.75) is 38.5 Å². The Balaban J connectivity index is 0.00000200. The van der Waals surface area contributed by atoms with Crippen LogP contribution in [-0.2, 0) is 19.3 Å². The van der Waals surface area contributed by atoms with Crippen LogP contribution >= 0.6 is 24.2 Å². The van der Waals surface area contributed by atoms with E-state index in [4.69, 9.17) is 0 Å². The Morgan fingerprint density at radius 2 is 2.00 bits per heavy atom. The van der Waals surface area contributed by atoms with E-state index < -0.39 is 0 Å². The van der Waals surface area contributed by atoms with Gasteiger partial charge in [0.05, 0.1) is 5.69 Å². The molecule has 2 N–H and O–H groups in total. The van der Waals surface area contributed by atoms with E-state index in [2.05, 4.69) is 21.8 Å². The fraction of sp³-hybridized carbons (Fsp3) is 0.714. The summed E-state index contributed by atoms with van der Waals surface area (Å²) >= 11 is 1.88. The fourth-order valence-corrected chi connectivity index (χ4v) is 3.04. The number of aromatic nitrogens is 2. The van der Waals surface area contributed by atoms with Crippen LogP contribution in [0.5, 0.6) is 0 Å². The molecule has 114 valence electrons. The molecule has 0 bridgehead atoms. The summed E-state index contributed by atoms with van der Waals surface area (Å²) in [4.78, 5) is 11.7. The average Bonchev–Trinajstić information content (AvgIpc) is 2.45. The van der Waals surface area contributed by atoms with Crippen LogP contribution < -0.4 is 10.9 Å². The summed E-state index contributed by atoms with van der Waals surface area (Å²) in [5.41, 5.74) is 3.32. The molecule has 1 heterocycles. The zero-order valence-electron chi connectivity index (χ0n) is 12.0. The summed E-state index contributed by atoms with van der Waals surface area (Å²) in [6, 6.07) is 0. The zero-order valence-corrected chi connectivity index (χ0v) is 13.7. The van der Waals surface area contributed by atoms with Gasteiger partial charge >= 0.3 is 0 Å². The highest BCUT2D eigenvalue weighted by Crippen LogP contribution is 2.20. The summed E-state index contributed by atoms with van der Waals surface area (Å²) < 4.78 is 0. The van der Waals surface area contributed by atoms with Crippen LogP contribution in [0.25, 0.3) is 0 Å². The number of H-pyrrole nitrogens is 1. The molecular formula is C14H24ClN3OS. The molecule has 4 nitrogen and oxygen atoms in total. The second-order valence-corrected chi connectivity index (χ2v) is 6.00. The van der Waals surface area contributed by atoms with Crippen LogP contribution in [-0.4, -0.2) is 35.3 Å². The second kappa shape index (κ2) is 9.42. The summed E-state index contributed by atoms with van der Waals surface area (Å²) in [7, 11) is 0. The first-order valence-electron chi connectivity index (χ1n) is 7.12. The molecule has 1 aliphatic carbocycles. The summed E-state index contributed by atoms with van der Waals surface area (Å²) in [5, 5.41) is 10.3. The van der Waals surface area contributed by atoms with Crippen LogP contribution in [0, 0.1) is 0 Å². The van der Waals surface area contributed by atoms with E-state index in [9.17, 15) is 4.79 Å². The van der Waals surface area contributed by atoms with Gasteiger partial charge in [-0.15, -0.1) is 12.4 Å². The molecule has 0 spiro atoms. The third kappa shape index (κ3) is 4.79. The molecule has 0 unspecified atom stereocenters. The van der Waals surface area contributed by atoms with Crippen molar-refractivity contribution in [2.75, 3.05) is 25.1 Å². The van der Waals surface area contributed by atoms with Gasteiger partial charge in [-0.1, -0.05) is 0 Å². The first-order chi connectivity index (χ1) is 9.33. The minimum absolute atomic E-state index is 0. The lowest BCUT2D eigenvalue weighted by molar-refractivity contribution is 0.628. The van der Waals surface area contributed by atoms with E-state index in [1.807, 2.05) is 11.8 Å². The Morgan fingerprint density at radius 1 is 1.25 bits per heavy atom. The molecule has 0 saturated heterocycles. The average molecular weight is 318 g/mol. The number of nitrogens with zero attached hydrogens (tertiary/aromatic N) is 1. The van der Waals surface area contributed by atoms with Crippen molar-refractivity contribution in [3.63, 3.8) is 0 Å². The standard InChI is InChI=1S/C14H23N3OS.ClH/c1-19-10-4-8-15-9-7-13-11-5-2-3-6-12(11)14(18)17-16-13;/h15H,2-10H2,1H3,(H,17,18);1H. The van der Waals surface area contributed by atoms with Crippen molar-refractivity contribution in [2.24, 2.45) is 0 Å². The number of hydrogen-bond donors (Lipinski definition) is 2.